The highest BCUT2D eigenvalue weighted by atomic mass is 35.5. The highest BCUT2D eigenvalue weighted by Crippen LogP contribution is 2.22. The number of benzene rings is 2. The van der Waals surface area contributed by atoms with Gasteiger partial charge in [0.15, 0.2) is 0 Å². The van der Waals surface area contributed by atoms with Crippen molar-refractivity contribution >= 4 is 22.5 Å². The summed E-state index contributed by atoms with van der Waals surface area (Å²) in [6.07, 6.45) is 1.60. The highest BCUT2D eigenvalue weighted by molar-refractivity contribution is 6.30. The molecule has 0 spiro atoms. The third-order valence-corrected chi connectivity index (χ3v) is 4.05. The fraction of sp³-hybridized carbons (Fsp3) is 0.0556. The summed E-state index contributed by atoms with van der Waals surface area (Å²) in [5.41, 5.74) is 2.76. The van der Waals surface area contributed by atoms with Gasteiger partial charge in [-0.1, -0.05) is 28.4 Å². The molecule has 0 aliphatic carbocycles. The molecule has 0 radical (unpaired) electrons. The standard InChI is InChI=1S/C18H12ClN3O2/c1-10-2-7-15-13(8-10)16(23)14(9-20-15)18-21-17(22-24-18)11-3-5-12(19)6-4-11/h2-9H,1H3,(H,20,23). The van der Waals surface area contributed by atoms with Gasteiger partial charge in [-0.3, -0.25) is 4.79 Å². The second-order valence-electron chi connectivity index (χ2n) is 5.51. The molecule has 0 atom stereocenters. The van der Waals surface area contributed by atoms with Gasteiger partial charge < -0.3 is 9.51 Å². The first-order chi connectivity index (χ1) is 11.6. The molecule has 4 rings (SSSR count). The lowest BCUT2D eigenvalue weighted by Crippen LogP contribution is -2.06. The maximum Gasteiger partial charge on any atom is 0.263 e. The molecule has 1 N–H and O–H groups in total. The molecule has 2 aromatic heterocycles. The van der Waals surface area contributed by atoms with Crippen molar-refractivity contribution in [2.75, 3.05) is 0 Å². The summed E-state index contributed by atoms with van der Waals surface area (Å²) >= 11 is 5.88. The first kappa shape index (κ1) is 14.7. The maximum absolute atomic E-state index is 12.7. The van der Waals surface area contributed by atoms with E-state index < -0.39 is 0 Å². The van der Waals surface area contributed by atoms with Crippen molar-refractivity contribution < 1.29 is 4.52 Å². The van der Waals surface area contributed by atoms with Crippen LogP contribution in [-0.4, -0.2) is 15.1 Å². The van der Waals surface area contributed by atoms with Crippen LogP contribution in [0.1, 0.15) is 5.56 Å². The molecule has 2 heterocycles. The van der Waals surface area contributed by atoms with Gasteiger partial charge in [-0.25, -0.2) is 0 Å². The Hall–Kier alpha value is -2.92. The van der Waals surface area contributed by atoms with Crippen molar-refractivity contribution in [1.82, 2.24) is 15.1 Å². The van der Waals surface area contributed by atoms with Gasteiger partial charge in [0.1, 0.15) is 5.56 Å². The number of aromatic nitrogens is 3. The van der Waals surface area contributed by atoms with E-state index in [1.165, 1.54) is 0 Å². The molecule has 0 saturated heterocycles. The van der Waals surface area contributed by atoms with E-state index in [0.717, 1.165) is 16.6 Å². The van der Waals surface area contributed by atoms with Gasteiger partial charge in [-0.2, -0.15) is 4.98 Å². The van der Waals surface area contributed by atoms with E-state index in [0.29, 0.717) is 21.8 Å². The molecule has 0 unspecified atom stereocenters. The van der Waals surface area contributed by atoms with E-state index in [9.17, 15) is 4.79 Å². The zero-order valence-electron chi connectivity index (χ0n) is 12.7. The molecule has 6 heteroatoms. The second kappa shape index (κ2) is 5.62. The Kier molecular flexibility index (Phi) is 3.43. The SMILES string of the molecule is Cc1ccc2[nH]cc(-c3nc(-c4ccc(Cl)cc4)no3)c(=O)c2c1. The van der Waals surface area contributed by atoms with Crippen LogP contribution in [0.25, 0.3) is 33.7 Å². The predicted octanol–water partition coefficient (Wildman–Crippen LogP) is 4.21. The summed E-state index contributed by atoms with van der Waals surface area (Å²) in [6, 6.07) is 12.8. The average Bonchev–Trinajstić information content (AvgIpc) is 3.06. The Morgan fingerprint density at radius 3 is 2.71 bits per heavy atom. The number of halogens is 1. The van der Waals surface area contributed by atoms with Gasteiger partial charge in [0.05, 0.1) is 0 Å². The Morgan fingerprint density at radius 1 is 1.12 bits per heavy atom. The van der Waals surface area contributed by atoms with Crippen LogP contribution in [0.4, 0.5) is 0 Å². The number of hydrogen-bond donors (Lipinski definition) is 1. The molecular formula is C18H12ClN3O2. The zero-order valence-corrected chi connectivity index (χ0v) is 13.5. The van der Waals surface area contributed by atoms with Crippen molar-refractivity contribution in [2.45, 2.75) is 6.92 Å². The summed E-state index contributed by atoms with van der Waals surface area (Å²) in [4.78, 5) is 20.1. The molecule has 24 heavy (non-hydrogen) atoms. The van der Waals surface area contributed by atoms with Crippen LogP contribution in [0.3, 0.4) is 0 Å². The van der Waals surface area contributed by atoms with E-state index in [4.69, 9.17) is 16.1 Å². The Morgan fingerprint density at radius 2 is 1.92 bits per heavy atom. The van der Waals surface area contributed by atoms with Crippen LogP contribution in [0, 0.1) is 6.92 Å². The van der Waals surface area contributed by atoms with Crippen molar-refractivity contribution in [3.05, 3.63) is 69.5 Å². The first-order valence-corrected chi connectivity index (χ1v) is 7.72. The molecule has 0 saturated carbocycles. The van der Waals surface area contributed by atoms with Gasteiger partial charge >= 0.3 is 0 Å². The number of rotatable bonds is 2. The molecule has 0 aliphatic rings. The lowest BCUT2D eigenvalue weighted by Gasteiger charge is -2.01. The molecule has 0 aliphatic heterocycles. The van der Waals surface area contributed by atoms with Crippen LogP contribution in [0.2, 0.25) is 5.02 Å². The van der Waals surface area contributed by atoms with E-state index in [-0.39, 0.29) is 11.3 Å². The molecule has 5 nitrogen and oxygen atoms in total. The monoisotopic (exact) mass is 337 g/mol. The number of nitrogens with zero attached hydrogens (tertiary/aromatic N) is 2. The second-order valence-corrected chi connectivity index (χ2v) is 5.95. The Bertz CT molecular complexity index is 1100. The number of nitrogens with one attached hydrogen (secondary N) is 1. The average molecular weight is 338 g/mol. The number of aryl methyl sites for hydroxylation is 1. The summed E-state index contributed by atoms with van der Waals surface area (Å²) < 4.78 is 5.28. The molecule has 2 aromatic carbocycles. The van der Waals surface area contributed by atoms with E-state index >= 15 is 0 Å². The highest BCUT2D eigenvalue weighted by Gasteiger charge is 2.15. The number of aromatic amines is 1. The normalized spacial score (nSPS) is 11.1. The molecular weight excluding hydrogens is 326 g/mol. The molecule has 0 amide bonds. The quantitative estimate of drug-likeness (QED) is 0.594. The largest absolute Gasteiger partial charge is 0.360 e. The van der Waals surface area contributed by atoms with E-state index in [1.807, 2.05) is 25.1 Å². The third kappa shape index (κ3) is 2.49. The number of pyridine rings is 1. The third-order valence-electron chi connectivity index (χ3n) is 3.80. The minimum Gasteiger partial charge on any atom is -0.360 e. The summed E-state index contributed by atoms with van der Waals surface area (Å²) in [5.74, 6) is 0.593. The van der Waals surface area contributed by atoms with Gasteiger partial charge in [0.2, 0.25) is 11.3 Å². The topological polar surface area (TPSA) is 71.8 Å². The Labute approximate surface area is 141 Å². The van der Waals surface area contributed by atoms with Crippen LogP contribution in [0.15, 0.2) is 58.0 Å². The van der Waals surface area contributed by atoms with Gasteiger partial charge in [0, 0.05) is 27.7 Å². The summed E-state index contributed by atoms with van der Waals surface area (Å²) in [6.45, 7) is 1.94. The van der Waals surface area contributed by atoms with E-state index in [1.54, 1.807) is 30.5 Å². The van der Waals surface area contributed by atoms with Gasteiger partial charge in [-0.15, -0.1) is 0 Å². The van der Waals surface area contributed by atoms with Gasteiger partial charge in [0.25, 0.3) is 5.89 Å². The predicted molar refractivity (Wildman–Crippen MR) is 93.0 cm³/mol. The fourth-order valence-electron chi connectivity index (χ4n) is 2.54. The molecule has 118 valence electrons. The molecule has 0 fully saturated rings. The lowest BCUT2D eigenvalue weighted by atomic mass is 10.1. The van der Waals surface area contributed by atoms with Gasteiger partial charge in [-0.05, 0) is 43.3 Å². The Balaban J connectivity index is 1.82. The van der Waals surface area contributed by atoms with Crippen LogP contribution >= 0.6 is 11.6 Å². The smallest absolute Gasteiger partial charge is 0.263 e. The number of fused-ring (bicyclic) bond motifs is 1. The first-order valence-electron chi connectivity index (χ1n) is 7.34. The molecule has 0 bridgehead atoms. The number of hydrogen-bond acceptors (Lipinski definition) is 4. The minimum absolute atomic E-state index is 0.140. The van der Waals surface area contributed by atoms with Crippen LogP contribution < -0.4 is 5.43 Å². The van der Waals surface area contributed by atoms with Crippen molar-refractivity contribution in [3.63, 3.8) is 0 Å². The van der Waals surface area contributed by atoms with Crippen molar-refractivity contribution in [3.8, 4) is 22.8 Å². The lowest BCUT2D eigenvalue weighted by molar-refractivity contribution is 0.432. The van der Waals surface area contributed by atoms with Crippen LogP contribution in [-0.2, 0) is 0 Å². The zero-order chi connectivity index (χ0) is 16.7. The summed E-state index contributed by atoms with van der Waals surface area (Å²) in [7, 11) is 0. The maximum atomic E-state index is 12.7. The van der Waals surface area contributed by atoms with Crippen molar-refractivity contribution in [2.24, 2.45) is 0 Å². The van der Waals surface area contributed by atoms with Crippen molar-refractivity contribution in [1.29, 1.82) is 0 Å². The summed E-state index contributed by atoms with van der Waals surface area (Å²) in [5, 5.41) is 5.17. The number of H-pyrrole nitrogens is 1. The molecule has 4 aromatic rings. The van der Waals surface area contributed by atoms with E-state index in [2.05, 4.69) is 15.1 Å². The minimum atomic E-state index is -0.140. The van der Waals surface area contributed by atoms with Crippen LogP contribution in [0.5, 0.6) is 0 Å². The fourth-order valence-corrected chi connectivity index (χ4v) is 2.67.